The van der Waals surface area contributed by atoms with Crippen LogP contribution in [0.5, 0.6) is 0 Å². The average Bonchev–Trinajstić information content (AvgIpc) is 3.07. The third-order valence-electron chi connectivity index (χ3n) is 3.36. The van der Waals surface area contributed by atoms with Crippen LogP contribution in [0.2, 0.25) is 0 Å². The van der Waals surface area contributed by atoms with Gasteiger partial charge in [0.15, 0.2) is 0 Å². The highest BCUT2D eigenvalue weighted by atomic mass is 16.6. The summed E-state index contributed by atoms with van der Waals surface area (Å²) >= 11 is 0. The molecule has 8 nitrogen and oxygen atoms in total. The van der Waals surface area contributed by atoms with Gasteiger partial charge < -0.3 is 10.1 Å². The van der Waals surface area contributed by atoms with Gasteiger partial charge in [-0.05, 0) is 26.7 Å². The summed E-state index contributed by atoms with van der Waals surface area (Å²) in [6.45, 7) is 4.79. The number of nitro groups is 1. The number of hydrogen-bond donors (Lipinski definition) is 1. The second-order valence-electron chi connectivity index (χ2n) is 4.79. The largest absolute Gasteiger partial charge is 0.376 e. The van der Waals surface area contributed by atoms with Gasteiger partial charge in [-0.2, -0.15) is 5.10 Å². The first kappa shape index (κ1) is 14.4. The first-order valence-corrected chi connectivity index (χ1v) is 6.67. The molecule has 0 bridgehead atoms. The molecule has 0 aliphatic carbocycles. The van der Waals surface area contributed by atoms with E-state index >= 15 is 0 Å². The van der Waals surface area contributed by atoms with Crippen molar-refractivity contribution in [1.29, 1.82) is 0 Å². The standard InChI is InChI=1S/C12H18N4O4/c1-3-15-7-9(16(18)19)11(14-15)12(17)13-8(2)10-5-4-6-20-10/h7-8,10H,3-6H2,1-2H3,(H,13,17). The summed E-state index contributed by atoms with van der Waals surface area (Å²) in [4.78, 5) is 22.5. The van der Waals surface area contributed by atoms with Crippen molar-refractivity contribution in [2.24, 2.45) is 0 Å². The predicted molar refractivity (Wildman–Crippen MR) is 70.5 cm³/mol. The Morgan fingerprint density at radius 1 is 1.75 bits per heavy atom. The second-order valence-corrected chi connectivity index (χ2v) is 4.79. The molecule has 110 valence electrons. The molecule has 1 aliphatic rings. The molecule has 2 rings (SSSR count). The van der Waals surface area contributed by atoms with Crippen molar-refractivity contribution in [3.8, 4) is 0 Å². The quantitative estimate of drug-likeness (QED) is 0.644. The minimum absolute atomic E-state index is 0.0359. The molecule has 2 unspecified atom stereocenters. The number of ether oxygens (including phenoxy) is 1. The van der Waals surface area contributed by atoms with Crippen LogP contribution < -0.4 is 5.32 Å². The third-order valence-corrected chi connectivity index (χ3v) is 3.36. The van der Waals surface area contributed by atoms with E-state index in [1.54, 1.807) is 6.92 Å². The van der Waals surface area contributed by atoms with Gasteiger partial charge in [-0.3, -0.25) is 19.6 Å². The molecule has 0 radical (unpaired) electrons. The van der Waals surface area contributed by atoms with E-state index in [4.69, 9.17) is 4.74 Å². The van der Waals surface area contributed by atoms with E-state index in [2.05, 4.69) is 10.4 Å². The lowest BCUT2D eigenvalue weighted by atomic mass is 10.1. The van der Waals surface area contributed by atoms with Crippen molar-refractivity contribution in [2.45, 2.75) is 45.4 Å². The Hall–Kier alpha value is -1.96. The van der Waals surface area contributed by atoms with Gasteiger partial charge in [0.05, 0.1) is 17.1 Å². The fourth-order valence-corrected chi connectivity index (χ4v) is 2.23. The van der Waals surface area contributed by atoms with Crippen molar-refractivity contribution in [1.82, 2.24) is 15.1 Å². The van der Waals surface area contributed by atoms with Crippen molar-refractivity contribution < 1.29 is 14.5 Å². The second kappa shape index (κ2) is 6.00. The number of carbonyl (C=O) groups is 1. The van der Waals surface area contributed by atoms with Crippen LogP contribution in [-0.4, -0.2) is 39.4 Å². The van der Waals surface area contributed by atoms with E-state index in [9.17, 15) is 14.9 Å². The van der Waals surface area contributed by atoms with Crippen LogP contribution in [0.3, 0.4) is 0 Å². The number of nitrogens with one attached hydrogen (secondary N) is 1. The molecule has 0 saturated carbocycles. The fourth-order valence-electron chi connectivity index (χ4n) is 2.23. The lowest BCUT2D eigenvalue weighted by Gasteiger charge is -2.19. The molecule has 1 fully saturated rings. The van der Waals surface area contributed by atoms with Crippen molar-refractivity contribution >= 4 is 11.6 Å². The molecule has 8 heteroatoms. The van der Waals surface area contributed by atoms with E-state index < -0.39 is 10.8 Å². The molecular formula is C12H18N4O4. The monoisotopic (exact) mass is 282 g/mol. The lowest BCUT2D eigenvalue weighted by molar-refractivity contribution is -0.385. The van der Waals surface area contributed by atoms with E-state index in [-0.39, 0.29) is 23.5 Å². The van der Waals surface area contributed by atoms with Crippen LogP contribution in [0.1, 0.15) is 37.2 Å². The maximum atomic E-state index is 12.1. The Balaban J connectivity index is 2.11. The molecule has 1 aliphatic heterocycles. The van der Waals surface area contributed by atoms with E-state index in [1.807, 2.05) is 6.92 Å². The minimum atomic E-state index is -0.592. The molecule has 1 aromatic heterocycles. The Morgan fingerprint density at radius 3 is 3.05 bits per heavy atom. The van der Waals surface area contributed by atoms with Crippen LogP contribution in [0, 0.1) is 10.1 Å². The highest BCUT2D eigenvalue weighted by Crippen LogP contribution is 2.19. The normalized spacial score (nSPS) is 19.8. The van der Waals surface area contributed by atoms with E-state index in [1.165, 1.54) is 10.9 Å². The summed E-state index contributed by atoms with van der Waals surface area (Å²) in [7, 11) is 0. The Kier molecular flexibility index (Phi) is 4.33. The van der Waals surface area contributed by atoms with E-state index in [0.29, 0.717) is 13.2 Å². The molecule has 2 atom stereocenters. The van der Waals surface area contributed by atoms with Gasteiger partial charge in [0.2, 0.25) is 5.69 Å². The topological polar surface area (TPSA) is 99.3 Å². The van der Waals surface area contributed by atoms with Gasteiger partial charge in [-0.1, -0.05) is 0 Å². The number of rotatable bonds is 5. The minimum Gasteiger partial charge on any atom is -0.376 e. The smallest absolute Gasteiger partial charge is 0.320 e. The van der Waals surface area contributed by atoms with Gasteiger partial charge in [0, 0.05) is 13.2 Å². The lowest BCUT2D eigenvalue weighted by Crippen LogP contribution is -2.41. The van der Waals surface area contributed by atoms with Crippen molar-refractivity contribution in [3.05, 3.63) is 22.0 Å². The highest BCUT2D eigenvalue weighted by Gasteiger charge is 2.29. The zero-order chi connectivity index (χ0) is 14.7. The number of hydrogen-bond acceptors (Lipinski definition) is 5. The summed E-state index contributed by atoms with van der Waals surface area (Å²) in [6.07, 6.45) is 3.08. The van der Waals surface area contributed by atoms with Crippen LogP contribution in [0.15, 0.2) is 6.20 Å². The number of aryl methyl sites for hydroxylation is 1. The summed E-state index contributed by atoms with van der Waals surface area (Å²) in [5.41, 5.74) is -0.425. The first-order chi connectivity index (χ1) is 9.52. The maximum Gasteiger partial charge on any atom is 0.320 e. The Morgan fingerprint density at radius 2 is 2.50 bits per heavy atom. The highest BCUT2D eigenvalue weighted by molar-refractivity contribution is 5.96. The molecule has 0 spiro atoms. The van der Waals surface area contributed by atoms with Gasteiger partial charge in [0.25, 0.3) is 5.91 Å². The summed E-state index contributed by atoms with van der Waals surface area (Å²) < 4.78 is 6.86. The molecule has 2 heterocycles. The molecule has 1 N–H and O–H groups in total. The molecular weight excluding hydrogens is 264 g/mol. The van der Waals surface area contributed by atoms with E-state index in [0.717, 1.165) is 12.8 Å². The zero-order valence-corrected chi connectivity index (χ0v) is 11.5. The van der Waals surface area contributed by atoms with Gasteiger partial charge >= 0.3 is 5.69 Å². The molecule has 1 aromatic rings. The van der Waals surface area contributed by atoms with Gasteiger partial charge in [-0.15, -0.1) is 0 Å². The molecule has 0 aromatic carbocycles. The zero-order valence-electron chi connectivity index (χ0n) is 11.5. The number of nitrogens with zero attached hydrogens (tertiary/aromatic N) is 3. The SMILES string of the molecule is CCn1cc([N+](=O)[O-])c(C(=O)NC(C)C2CCCO2)n1. The van der Waals surface area contributed by atoms with Crippen molar-refractivity contribution in [2.75, 3.05) is 6.61 Å². The fraction of sp³-hybridized carbons (Fsp3) is 0.667. The van der Waals surface area contributed by atoms with Crippen molar-refractivity contribution in [3.63, 3.8) is 0 Å². The van der Waals surface area contributed by atoms with Crippen LogP contribution in [0.25, 0.3) is 0 Å². The third kappa shape index (κ3) is 2.96. The van der Waals surface area contributed by atoms with Crippen LogP contribution >= 0.6 is 0 Å². The number of aromatic nitrogens is 2. The number of carbonyl (C=O) groups excluding carboxylic acids is 1. The first-order valence-electron chi connectivity index (χ1n) is 6.67. The average molecular weight is 282 g/mol. The van der Waals surface area contributed by atoms with Gasteiger partial charge in [-0.25, -0.2) is 0 Å². The van der Waals surface area contributed by atoms with Crippen LogP contribution in [0.4, 0.5) is 5.69 Å². The maximum absolute atomic E-state index is 12.1. The molecule has 20 heavy (non-hydrogen) atoms. The summed E-state index contributed by atoms with van der Waals surface area (Å²) in [6, 6.07) is -0.198. The molecule has 1 saturated heterocycles. The molecule has 1 amide bonds. The summed E-state index contributed by atoms with van der Waals surface area (Å²) in [5.74, 6) is -0.535. The Labute approximate surface area is 116 Å². The Bertz CT molecular complexity index is 508. The van der Waals surface area contributed by atoms with Crippen LogP contribution in [-0.2, 0) is 11.3 Å². The predicted octanol–water partition coefficient (Wildman–Crippen LogP) is 1.11. The summed E-state index contributed by atoms with van der Waals surface area (Å²) in [5, 5.41) is 17.6. The van der Waals surface area contributed by atoms with Gasteiger partial charge in [0.1, 0.15) is 6.20 Å². The number of amides is 1.